The van der Waals surface area contributed by atoms with Gasteiger partial charge in [0.05, 0.1) is 0 Å². The van der Waals surface area contributed by atoms with Gasteiger partial charge in [-0.05, 0) is 50.5 Å². The third-order valence-corrected chi connectivity index (χ3v) is 2.34. The second-order valence-corrected chi connectivity index (χ2v) is 3.88. The summed E-state index contributed by atoms with van der Waals surface area (Å²) >= 11 is 0. The molecule has 0 spiro atoms. The van der Waals surface area contributed by atoms with Crippen LogP contribution < -0.4 is 4.74 Å². The van der Waals surface area contributed by atoms with Crippen molar-refractivity contribution in [3.05, 3.63) is 41.5 Å². The van der Waals surface area contributed by atoms with E-state index >= 15 is 0 Å². The molecule has 0 aliphatic heterocycles. The van der Waals surface area contributed by atoms with Crippen molar-refractivity contribution >= 4 is 0 Å². The van der Waals surface area contributed by atoms with E-state index < -0.39 is 0 Å². The topological polar surface area (TPSA) is 9.23 Å². The summed E-state index contributed by atoms with van der Waals surface area (Å²) in [4.78, 5) is 0. The van der Waals surface area contributed by atoms with Crippen molar-refractivity contribution < 1.29 is 4.74 Å². The molecule has 1 unspecified atom stereocenters. The molecule has 14 heavy (non-hydrogen) atoms. The molecule has 1 nitrogen and oxygen atoms in total. The van der Waals surface area contributed by atoms with E-state index in [2.05, 4.69) is 38.6 Å². The van der Waals surface area contributed by atoms with Crippen LogP contribution in [0.25, 0.3) is 0 Å². The van der Waals surface area contributed by atoms with Crippen molar-refractivity contribution in [3.8, 4) is 5.75 Å². The molecule has 0 saturated heterocycles. The van der Waals surface area contributed by atoms with Crippen LogP contribution in [0.4, 0.5) is 0 Å². The molecule has 0 radical (unpaired) electrons. The van der Waals surface area contributed by atoms with Gasteiger partial charge in [-0.3, -0.25) is 0 Å². The number of rotatable bonds is 3. The van der Waals surface area contributed by atoms with E-state index in [9.17, 15) is 0 Å². The number of hydrogen-bond donors (Lipinski definition) is 0. The molecule has 1 rings (SSSR count). The lowest BCUT2D eigenvalue weighted by atomic mass is 10.1. The quantitative estimate of drug-likeness (QED) is 0.661. The molecule has 76 valence electrons. The van der Waals surface area contributed by atoms with E-state index in [0.29, 0.717) is 0 Å². The minimum absolute atomic E-state index is 0.0792. The monoisotopic (exact) mass is 190 g/mol. The maximum atomic E-state index is 5.79. The first-order chi connectivity index (χ1) is 6.50. The van der Waals surface area contributed by atoms with Crippen LogP contribution in [0.2, 0.25) is 0 Å². The van der Waals surface area contributed by atoms with Gasteiger partial charge in [0, 0.05) is 0 Å². The minimum atomic E-state index is 0.0792. The molecular weight excluding hydrogens is 172 g/mol. The molecule has 1 aromatic carbocycles. The Balaban J connectivity index is 2.85. The van der Waals surface area contributed by atoms with Crippen LogP contribution in [-0.2, 0) is 0 Å². The number of benzene rings is 1. The van der Waals surface area contributed by atoms with Gasteiger partial charge in [-0.2, -0.15) is 0 Å². The number of aryl methyl sites for hydroxylation is 2. The van der Waals surface area contributed by atoms with E-state index in [-0.39, 0.29) is 6.10 Å². The van der Waals surface area contributed by atoms with Crippen molar-refractivity contribution in [2.45, 2.75) is 33.8 Å². The molecule has 1 heteroatoms. The Bertz CT molecular complexity index is 339. The fraction of sp³-hybridized carbons (Fsp3) is 0.385. The lowest BCUT2D eigenvalue weighted by Gasteiger charge is -2.16. The maximum absolute atomic E-state index is 5.79. The summed E-state index contributed by atoms with van der Waals surface area (Å²) in [6.45, 7) is 12.0. The zero-order valence-corrected chi connectivity index (χ0v) is 9.42. The van der Waals surface area contributed by atoms with Crippen LogP contribution in [-0.4, -0.2) is 6.10 Å². The molecule has 0 aromatic heterocycles. The van der Waals surface area contributed by atoms with E-state index in [0.717, 1.165) is 11.3 Å². The molecule has 0 aliphatic carbocycles. The van der Waals surface area contributed by atoms with Crippen molar-refractivity contribution in [3.63, 3.8) is 0 Å². The third-order valence-electron chi connectivity index (χ3n) is 2.34. The summed E-state index contributed by atoms with van der Waals surface area (Å²) in [5, 5.41) is 0. The Morgan fingerprint density at radius 1 is 1.36 bits per heavy atom. The molecule has 0 N–H and O–H groups in total. The van der Waals surface area contributed by atoms with Gasteiger partial charge in [-0.1, -0.05) is 18.7 Å². The van der Waals surface area contributed by atoms with Crippen LogP contribution in [0.1, 0.15) is 25.0 Å². The highest BCUT2D eigenvalue weighted by Crippen LogP contribution is 2.21. The van der Waals surface area contributed by atoms with Gasteiger partial charge >= 0.3 is 0 Å². The standard InChI is InChI=1S/C13H18O/c1-9(2)12(5)14-13-8-10(3)6-7-11(13)4/h6-8,12H,1H2,2-5H3. The molecule has 1 atom stereocenters. The highest BCUT2D eigenvalue weighted by molar-refractivity contribution is 5.36. The largest absolute Gasteiger partial charge is 0.486 e. The van der Waals surface area contributed by atoms with Crippen molar-refractivity contribution in [2.75, 3.05) is 0 Å². The predicted molar refractivity (Wildman–Crippen MR) is 60.8 cm³/mol. The average Bonchev–Trinajstić information content (AvgIpc) is 2.11. The van der Waals surface area contributed by atoms with Crippen LogP contribution in [0, 0.1) is 13.8 Å². The summed E-state index contributed by atoms with van der Waals surface area (Å²) in [6, 6.07) is 6.23. The van der Waals surface area contributed by atoms with Gasteiger partial charge < -0.3 is 4.74 Å². The van der Waals surface area contributed by atoms with Crippen molar-refractivity contribution in [2.24, 2.45) is 0 Å². The van der Waals surface area contributed by atoms with Gasteiger partial charge in [-0.25, -0.2) is 0 Å². The normalized spacial score (nSPS) is 12.3. The first kappa shape index (κ1) is 10.8. The maximum Gasteiger partial charge on any atom is 0.123 e. The molecule has 0 fully saturated rings. The number of hydrogen-bond acceptors (Lipinski definition) is 1. The second kappa shape index (κ2) is 4.32. The summed E-state index contributed by atoms with van der Waals surface area (Å²) < 4.78 is 5.79. The minimum Gasteiger partial charge on any atom is -0.486 e. The molecule has 0 amide bonds. The Labute approximate surface area is 86.4 Å². The van der Waals surface area contributed by atoms with Gasteiger partial charge in [0.2, 0.25) is 0 Å². The summed E-state index contributed by atoms with van der Waals surface area (Å²) in [5.74, 6) is 0.959. The van der Waals surface area contributed by atoms with Crippen LogP contribution >= 0.6 is 0 Å². The second-order valence-electron chi connectivity index (χ2n) is 3.88. The molecule has 0 saturated carbocycles. The van der Waals surface area contributed by atoms with Crippen LogP contribution in [0.3, 0.4) is 0 Å². The van der Waals surface area contributed by atoms with E-state index in [1.807, 2.05) is 13.8 Å². The van der Waals surface area contributed by atoms with Crippen LogP contribution in [0.5, 0.6) is 5.75 Å². The Morgan fingerprint density at radius 2 is 2.00 bits per heavy atom. The fourth-order valence-electron chi connectivity index (χ4n) is 1.13. The Kier molecular flexibility index (Phi) is 3.34. The van der Waals surface area contributed by atoms with Crippen molar-refractivity contribution in [1.29, 1.82) is 0 Å². The smallest absolute Gasteiger partial charge is 0.123 e. The van der Waals surface area contributed by atoms with E-state index in [4.69, 9.17) is 4.74 Å². The zero-order valence-electron chi connectivity index (χ0n) is 9.42. The molecular formula is C13H18O. The van der Waals surface area contributed by atoms with Gasteiger partial charge in [0.15, 0.2) is 0 Å². The Hall–Kier alpha value is -1.24. The molecule has 1 aromatic rings. The third kappa shape index (κ3) is 2.63. The SMILES string of the molecule is C=C(C)C(C)Oc1cc(C)ccc1C. The van der Waals surface area contributed by atoms with Gasteiger partial charge in [0.25, 0.3) is 0 Å². The lowest BCUT2D eigenvalue weighted by molar-refractivity contribution is 0.256. The van der Waals surface area contributed by atoms with E-state index in [1.54, 1.807) is 0 Å². The Morgan fingerprint density at radius 3 is 2.57 bits per heavy atom. The number of ether oxygens (including phenoxy) is 1. The first-order valence-corrected chi connectivity index (χ1v) is 4.90. The zero-order chi connectivity index (χ0) is 10.7. The predicted octanol–water partition coefficient (Wildman–Crippen LogP) is 3.65. The van der Waals surface area contributed by atoms with Gasteiger partial charge in [0.1, 0.15) is 11.9 Å². The summed E-state index contributed by atoms with van der Waals surface area (Å²) in [7, 11) is 0. The van der Waals surface area contributed by atoms with Crippen LogP contribution in [0.15, 0.2) is 30.4 Å². The molecule has 0 bridgehead atoms. The molecule has 0 aliphatic rings. The summed E-state index contributed by atoms with van der Waals surface area (Å²) in [5.41, 5.74) is 3.44. The highest BCUT2D eigenvalue weighted by atomic mass is 16.5. The molecule has 0 heterocycles. The first-order valence-electron chi connectivity index (χ1n) is 4.90. The summed E-state index contributed by atoms with van der Waals surface area (Å²) in [6.07, 6.45) is 0.0792. The lowest BCUT2D eigenvalue weighted by Crippen LogP contribution is -2.13. The highest BCUT2D eigenvalue weighted by Gasteiger charge is 2.06. The van der Waals surface area contributed by atoms with E-state index in [1.165, 1.54) is 11.1 Å². The fourth-order valence-corrected chi connectivity index (χ4v) is 1.13. The van der Waals surface area contributed by atoms with Gasteiger partial charge in [-0.15, -0.1) is 0 Å². The van der Waals surface area contributed by atoms with Crippen molar-refractivity contribution in [1.82, 2.24) is 0 Å². The average molecular weight is 190 g/mol.